The Balaban J connectivity index is 1.60. The van der Waals surface area contributed by atoms with E-state index in [2.05, 4.69) is 25.2 Å². The van der Waals surface area contributed by atoms with Gasteiger partial charge in [0.2, 0.25) is 5.91 Å². The lowest BCUT2D eigenvalue weighted by molar-refractivity contribution is -0.113. The molecule has 0 saturated heterocycles. The van der Waals surface area contributed by atoms with E-state index >= 15 is 0 Å². The molecule has 0 aliphatic carbocycles. The van der Waals surface area contributed by atoms with Crippen molar-refractivity contribution in [2.45, 2.75) is 10.1 Å². The van der Waals surface area contributed by atoms with Crippen LogP contribution in [0.15, 0.2) is 58.8 Å². The zero-order chi connectivity index (χ0) is 20.1. The van der Waals surface area contributed by atoms with Crippen molar-refractivity contribution >= 4 is 50.8 Å². The lowest BCUT2D eigenvalue weighted by Crippen LogP contribution is -2.16. The van der Waals surface area contributed by atoms with E-state index in [-0.39, 0.29) is 27.5 Å². The molecule has 0 atom stereocenters. The number of rotatable bonds is 7. The van der Waals surface area contributed by atoms with Crippen molar-refractivity contribution in [3.8, 4) is 0 Å². The predicted molar refractivity (Wildman–Crippen MR) is 107 cm³/mol. The van der Waals surface area contributed by atoms with Crippen LogP contribution in [0.1, 0.15) is 0 Å². The summed E-state index contributed by atoms with van der Waals surface area (Å²) in [6.07, 6.45) is 3.45. The maximum atomic E-state index is 12.4. The Bertz CT molecular complexity index is 1070. The van der Waals surface area contributed by atoms with Gasteiger partial charge in [0, 0.05) is 25.1 Å². The highest BCUT2D eigenvalue weighted by atomic mass is 35.5. The second-order valence-corrected chi connectivity index (χ2v) is 8.54. The van der Waals surface area contributed by atoms with Crippen molar-refractivity contribution < 1.29 is 13.2 Å². The Morgan fingerprint density at radius 3 is 2.54 bits per heavy atom. The molecule has 146 valence electrons. The first-order valence-electron chi connectivity index (χ1n) is 7.85. The number of hydrogen-bond donors (Lipinski definition) is 2. The molecule has 0 bridgehead atoms. The van der Waals surface area contributed by atoms with Crippen LogP contribution in [-0.2, 0) is 21.9 Å². The Labute approximate surface area is 170 Å². The Morgan fingerprint density at radius 2 is 1.93 bits per heavy atom. The van der Waals surface area contributed by atoms with Gasteiger partial charge < -0.3 is 9.88 Å². The van der Waals surface area contributed by atoms with Gasteiger partial charge in [-0.25, -0.2) is 13.4 Å². The fraction of sp³-hybridized carbons (Fsp3) is 0.125. The third-order valence-corrected chi connectivity index (χ3v) is 6.06. The molecule has 0 aliphatic rings. The van der Waals surface area contributed by atoms with Crippen LogP contribution in [-0.4, -0.2) is 39.8 Å². The van der Waals surface area contributed by atoms with Gasteiger partial charge in [-0.3, -0.25) is 9.52 Å². The third kappa shape index (κ3) is 5.21. The topological polar surface area (TPSA) is 119 Å². The number of nitrogens with zero attached hydrogens (tertiary/aromatic N) is 4. The van der Waals surface area contributed by atoms with Crippen molar-refractivity contribution in [2.75, 3.05) is 15.8 Å². The smallest absolute Gasteiger partial charge is 0.263 e. The number of carbonyl (C=O) groups excluding carboxylic acids is 1. The second kappa shape index (κ2) is 8.59. The first kappa shape index (κ1) is 20.1. The molecule has 0 saturated carbocycles. The zero-order valence-corrected chi connectivity index (χ0v) is 16.9. The molecule has 0 fully saturated rings. The Hall–Kier alpha value is -2.63. The van der Waals surface area contributed by atoms with E-state index < -0.39 is 10.0 Å². The van der Waals surface area contributed by atoms with Gasteiger partial charge in [-0.2, -0.15) is 0 Å². The van der Waals surface area contributed by atoms with E-state index in [1.54, 1.807) is 12.4 Å². The summed E-state index contributed by atoms with van der Waals surface area (Å²) < 4.78 is 28.9. The van der Waals surface area contributed by atoms with Gasteiger partial charge in [0.15, 0.2) is 16.1 Å². The molecular formula is C16H15ClN6O3S2. The number of aryl methyl sites for hydroxylation is 1. The molecule has 12 heteroatoms. The van der Waals surface area contributed by atoms with E-state index in [0.29, 0.717) is 5.69 Å². The van der Waals surface area contributed by atoms with E-state index in [4.69, 9.17) is 11.6 Å². The van der Waals surface area contributed by atoms with E-state index in [1.807, 2.05) is 11.6 Å². The first-order chi connectivity index (χ1) is 13.3. The average Bonchev–Trinajstić information content (AvgIpc) is 3.07. The Morgan fingerprint density at radius 1 is 1.18 bits per heavy atom. The highest BCUT2D eigenvalue weighted by Crippen LogP contribution is 2.19. The number of imidazole rings is 1. The number of nitrogens with one attached hydrogen (secondary N) is 2. The van der Waals surface area contributed by atoms with Crippen LogP contribution in [0.4, 0.5) is 11.5 Å². The maximum Gasteiger partial charge on any atom is 0.263 e. The number of hydrogen-bond acceptors (Lipinski definition) is 7. The largest absolute Gasteiger partial charge is 0.329 e. The molecule has 3 aromatic rings. The van der Waals surface area contributed by atoms with Gasteiger partial charge in [0.25, 0.3) is 10.0 Å². The number of halogens is 1. The summed E-state index contributed by atoms with van der Waals surface area (Å²) in [6, 6.07) is 8.60. The van der Waals surface area contributed by atoms with Crippen molar-refractivity contribution in [1.82, 2.24) is 19.7 Å². The lowest BCUT2D eigenvalue weighted by Gasteiger charge is -2.09. The molecule has 3 rings (SSSR count). The number of aromatic nitrogens is 4. The average molecular weight is 439 g/mol. The summed E-state index contributed by atoms with van der Waals surface area (Å²) in [4.78, 5) is 16.2. The van der Waals surface area contributed by atoms with Crippen molar-refractivity contribution in [3.05, 3.63) is 53.9 Å². The molecule has 0 radical (unpaired) electrons. The number of thioether (sulfide) groups is 1. The number of sulfonamides is 1. The molecule has 2 heterocycles. The van der Waals surface area contributed by atoms with Crippen molar-refractivity contribution in [3.63, 3.8) is 0 Å². The lowest BCUT2D eigenvalue weighted by atomic mass is 10.3. The van der Waals surface area contributed by atoms with Crippen molar-refractivity contribution in [1.29, 1.82) is 0 Å². The Kier molecular flexibility index (Phi) is 6.17. The van der Waals surface area contributed by atoms with Crippen LogP contribution in [0, 0.1) is 0 Å². The minimum Gasteiger partial charge on any atom is -0.329 e. The van der Waals surface area contributed by atoms with Crippen LogP contribution in [0.25, 0.3) is 0 Å². The third-order valence-electron chi connectivity index (χ3n) is 3.43. The van der Waals surface area contributed by atoms with E-state index in [1.165, 1.54) is 48.2 Å². The highest BCUT2D eigenvalue weighted by molar-refractivity contribution is 7.99. The number of benzene rings is 1. The van der Waals surface area contributed by atoms with Crippen LogP contribution in [0.2, 0.25) is 5.15 Å². The quantitative estimate of drug-likeness (QED) is 0.543. The maximum absolute atomic E-state index is 12.4. The highest BCUT2D eigenvalue weighted by Gasteiger charge is 2.15. The van der Waals surface area contributed by atoms with Crippen LogP contribution >= 0.6 is 23.4 Å². The SMILES string of the molecule is Cn1ccnc1SCC(=O)Nc1ccc(S(=O)(=O)Nc2ccc(Cl)nn2)cc1. The van der Waals surface area contributed by atoms with E-state index in [0.717, 1.165) is 5.16 Å². The molecule has 0 unspecified atom stereocenters. The van der Waals surface area contributed by atoms with Crippen LogP contribution in [0.5, 0.6) is 0 Å². The fourth-order valence-electron chi connectivity index (χ4n) is 2.10. The van der Waals surface area contributed by atoms with Gasteiger partial charge in [-0.1, -0.05) is 23.4 Å². The zero-order valence-electron chi connectivity index (χ0n) is 14.5. The summed E-state index contributed by atoms with van der Waals surface area (Å²) in [6.45, 7) is 0. The molecule has 2 N–H and O–H groups in total. The summed E-state index contributed by atoms with van der Waals surface area (Å²) in [7, 11) is -2.00. The molecule has 1 amide bonds. The van der Waals surface area contributed by atoms with Crippen LogP contribution in [0.3, 0.4) is 0 Å². The monoisotopic (exact) mass is 438 g/mol. The molecule has 28 heavy (non-hydrogen) atoms. The molecule has 1 aromatic carbocycles. The predicted octanol–water partition coefficient (Wildman–Crippen LogP) is 2.40. The van der Waals surface area contributed by atoms with Gasteiger partial charge >= 0.3 is 0 Å². The summed E-state index contributed by atoms with van der Waals surface area (Å²) >= 11 is 6.93. The fourth-order valence-corrected chi connectivity index (χ4v) is 3.93. The molecule has 0 aliphatic heterocycles. The minimum absolute atomic E-state index is 0.0182. The summed E-state index contributed by atoms with van der Waals surface area (Å²) in [5.41, 5.74) is 0.482. The van der Waals surface area contributed by atoms with Gasteiger partial charge in [-0.15, -0.1) is 10.2 Å². The van der Waals surface area contributed by atoms with Gasteiger partial charge in [0.05, 0.1) is 10.6 Å². The normalized spacial score (nSPS) is 11.2. The van der Waals surface area contributed by atoms with Crippen molar-refractivity contribution in [2.24, 2.45) is 7.05 Å². The van der Waals surface area contributed by atoms with Crippen LogP contribution < -0.4 is 10.0 Å². The van der Waals surface area contributed by atoms with E-state index in [9.17, 15) is 13.2 Å². The number of carbonyl (C=O) groups is 1. The molecular weight excluding hydrogens is 424 g/mol. The number of anilines is 2. The number of amides is 1. The molecule has 2 aromatic heterocycles. The first-order valence-corrected chi connectivity index (χ1v) is 10.7. The minimum atomic E-state index is -3.84. The summed E-state index contributed by atoms with van der Waals surface area (Å²) in [5.74, 6) is 0.00748. The second-order valence-electron chi connectivity index (χ2n) is 5.53. The van der Waals surface area contributed by atoms with Gasteiger partial charge in [-0.05, 0) is 36.4 Å². The molecule has 9 nitrogen and oxygen atoms in total. The van der Waals surface area contributed by atoms with Gasteiger partial charge in [0.1, 0.15) is 0 Å². The molecule has 0 spiro atoms. The summed E-state index contributed by atoms with van der Waals surface area (Å²) in [5, 5.41) is 10.8. The standard InChI is InChI=1S/C16H15ClN6O3S2/c1-23-9-8-18-16(23)27-10-15(24)19-11-2-4-12(5-3-11)28(25,26)22-14-7-6-13(17)20-21-14/h2-9H,10H2,1H3,(H,19,24)(H,21,22).